The summed E-state index contributed by atoms with van der Waals surface area (Å²) in [7, 11) is 2.44. The maximum absolute atomic E-state index is 6.09. The Balaban J connectivity index is 3.76. The van der Waals surface area contributed by atoms with Gasteiger partial charge in [-0.25, -0.2) is 0 Å². The van der Waals surface area contributed by atoms with E-state index in [2.05, 4.69) is 13.8 Å². The molecule has 0 aromatic rings. The van der Waals surface area contributed by atoms with Gasteiger partial charge in [0.1, 0.15) is 0 Å². The zero-order valence-electron chi connectivity index (χ0n) is 20.3. The molecule has 1 atom stereocenters. The average Bonchev–Trinajstić information content (AvgIpc) is 2.72. The minimum atomic E-state index is -2.68. The Kier molecular flexibility index (Phi) is 19.4. The zero-order chi connectivity index (χ0) is 21.8. The normalized spacial score (nSPS) is 14.3. The van der Waals surface area contributed by atoms with Crippen molar-refractivity contribution in [2.24, 2.45) is 0 Å². The summed E-state index contributed by atoms with van der Waals surface area (Å²) < 4.78 is 17.3. The number of hydrogen-bond donors (Lipinski definition) is 0. The van der Waals surface area contributed by atoms with E-state index >= 15 is 0 Å². The lowest BCUT2D eigenvalue weighted by atomic mass is 9.98. The maximum Gasteiger partial charge on any atom is 0.506 e. The summed E-state index contributed by atoms with van der Waals surface area (Å²) in [5.74, 6) is 0.611. The van der Waals surface area contributed by atoms with Crippen molar-refractivity contribution in [3.8, 4) is 0 Å². The summed E-state index contributed by atoms with van der Waals surface area (Å²) in [6, 6.07) is 0. The quantitative estimate of drug-likeness (QED) is 0.0938. The molecule has 0 spiro atoms. The van der Waals surface area contributed by atoms with E-state index in [4.69, 9.17) is 24.9 Å². The van der Waals surface area contributed by atoms with Gasteiger partial charge in [-0.05, 0) is 12.8 Å². The number of hydrogen-bond acceptors (Lipinski definition) is 3. The molecule has 0 aliphatic carbocycles. The van der Waals surface area contributed by atoms with Gasteiger partial charge in [0.2, 0.25) is 0 Å². The summed E-state index contributed by atoms with van der Waals surface area (Å²) in [6.45, 7) is 4.51. The van der Waals surface area contributed by atoms with Crippen molar-refractivity contribution in [2.45, 2.75) is 128 Å². The molecule has 0 saturated carbocycles. The number of alkyl halides is 1. The Morgan fingerprint density at radius 3 is 1.24 bits per heavy atom. The lowest BCUT2D eigenvalue weighted by Gasteiger charge is -2.41. The summed E-state index contributed by atoms with van der Waals surface area (Å²) in [5.41, 5.74) is 0. The molecule has 0 N–H and O–H groups in total. The van der Waals surface area contributed by atoms with Gasteiger partial charge in [0, 0.05) is 32.2 Å². The first kappa shape index (κ1) is 29.4. The molecule has 0 rings (SSSR count). The van der Waals surface area contributed by atoms with Crippen LogP contribution in [0.4, 0.5) is 0 Å². The van der Waals surface area contributed by atoms with Crippen LogP contribution in [0.5, 0.6) is 0 Å². The topological polar surface area (TPSA) is 27.7 Å². The Morgan fingerprint density at radius 1 is 0.586 bits per heavy atom. The lowest BCUT2D eigenvalue weighted by Crippen LogP contribution is -2.53. The average molecular weight is 451 g/mol. The molecule has 0 saturated heterocycles. The Hall–Kier alpha value is 0.387. The van der Waals surface area contributed by atoms with Gasteiger partial charge >= 0.3 is 8.80 Å². The van der Waals surface area contributed by atoms with E-state index < -0.39 is 8.80 Å². The molecule has 0 amide bonds. The summed E-state index contributed by atoms with van der Waals surface area (Å²) >= 11 is 6.09. The lowest BCUT2D eigenvalue weighted by molar-refractivity contribution is 0.0875. The van der Waals surface area contributed by atoms with E-state index in [-0.39, 0.29) is 5.04 Å². The van der Waals surface area contributed by atoms with Gasteiger partial charge in [-0.15, -0.1) is 11.6 Å². The van der Waals surface area contributed by atoms with Crippen molar-refractivity contribution in [1.29, 1.82) is 0 Å². The highest BCUT2D eigenvalue weighted by Crippen LogP contribution is 2.47. The third-order valence-corrected chi connectivity index (χ3v) is 10.3. The highest BCUT2D eigenvalue weighted by molar-refractivity contribution is 6.64. The van der Waals surface area contributed by atoms with Crippen LogP contribution >= 0.6 is 11.6 Å². The molecule has 0 heterocycles. The molecule has 0 aliphatic heterocycles. The van der Waals surface area contributed by atoms with Crippen LogP contribution in [0.25, 0.3) is 0 Å². The van der Waals surface area contributed by atoms with Crippen molar-refractivity contribution in [2.75, 3.05) is 27.2 Å². The molecule has 0 aliphatic rings. The second kappa shape index (κ2) is 19.1. The van der Waals surface area contributed by atoms with Gasteiger partial charge in [-0.3, -0.25) is 0 Å². The van der Waals surface area contributed by atoms with Crippen molar-refractivity contribution in [3.05, 3.63) is 0 Å². The maximum atomic E-state index is 6.09. The molecular formula is C24H51ClO3Si. The predicted octanol–water partition coefficient (Wildman–Crippen LogP) is 8.52. The number of halogens is 1. The van der Waals surface area contributed by atoms with Crippen molar-refractivity contribution < 1.29 is 13.3 Å². The van der Waals surface area contributed by atoms with Crippen molar-refractivity contribution in [1.82, 2.24) is 0 Å². The molecule has 3 nitrogen and oxygen atoms in total. The van der Waals surface area contributed by atoms with Gasteiger partial charge in [0.15, 0.2) is 0 Å². The van der Waals surface area contributed by atoms with Gasteiger partial charge in [0.05, 0.1) is 0 Å². The molecule has 0 aromatic carbocycles. The van der Waals surface area contributed by atoms with Crippen LogP contribution in [0.2, 0.25) is 5.04 Å². The fourth-order valence-corrected chi connectivity index (χ4v) is 7.98. The van der Waals surface area contributed by atoms with Crippen molar-refractivity contribution in [3.63, 3.8) is 0 Å². The second-order valence-corrected chi connectivity index (χ2v) is 12.8. The van der Waals surface area contributed by atoms with Gasteiger partial charge in [-0.2, -0.15) is 0 Å². The first-order valence-electron chi connectivity index (χ1n) is 12.3. The molecular weight excluding hydrogens is 400 g/mol. The summed E-state index contributed by atoms with van der Waals surface area (Å²) in [6.07, 6.45) is 22.7. The number of rotatable bonds is 22. The van der Waals surface area contributed by atoms with Crippen molar-refractivity contribution >= 4 is 20.4 Å². The molecule has 1 unspecified atom stereocenters. The van der Waals surface area contributed by atoms with E-state index in [1.54, 1.807) is 21.3 Å². The van der Waals surface area contributed by atoms with Crippen LogP contribution in [0.1, 0.15) is 123 Å². The van der Waals surface area contributed by atoms with E-state index in [0.717, 1.165) is 12.8 Å². The molecule has 0 fully saturated rings. The van der Waals surface area contributed by atoms with E-state index in [1.165, 1.54) is 96.3 Å². The van der Waals surface area contributed by atoms with Crippen LogP contribution in [0.15, 0.2) is 0 Å². The smallest absolute Gasteiger partial charge is 0.377 e. The third-order valence-electron chi connectivity index (χ3n) is 6.52. The molecule has 0 bridgehead atoms. The fourth-order valence-electron chi connectivity index (χ4n) is 4.52. The minimum absolute atomic E-state index is 0.108. The van der Waals surface area contributed by atoms with E-state index in [9.17, 15) is 0 Å². The number of unbranched alkanes of at least 4 members (excludes halogenated alkanes) is 14. The summed E-state index contributed by atoms with van der Waals surface area (Å²) in [4.78, 5) is 0. The molecule has 0 radical (unpaired) electrons. The Morgan fingerprint density at radius 2 is 0.931 bits per heavy atom. The van der Waals surface area contributed by atoms with Crippen LogP contribution in [0.3, 0.4) is 0 Å². The predicted molar refractivity (Wildman–Crippen MR) is 130 cm³/mol. The van der Waals surface area contributed by atoms with Crippen LogP contribution < -0.4 is 0 Å². The van der Waals surface area contributed by atoms with Crippen LogP contribution in [-0.4, -0.2) is 36.0 Å². The van der Waals surface area contributed by atoms with E-state index in [1.807, 2.05) is 0 Å². The van der Waals surface area contributed by atoms with Crippen LogP contribution in [-0.2, 0) is 13.3 Å². The molecule has 29 heavy (non-hydrogen) atoms. The third kappa shape index (κ3) is 12.1. The molecule has 176 valence electrons. The first-order chi connectivity index (χ1) is 14.1. The fraction of sp³-hybridized carbons (Fsp3) is 1.00. The largest absolute Gasteiger partial charge is 0.506 e. The molecule has 5 heteroatoms. The van der Waals surface area contributed by atoms with Gasteiger partial charge < -0.3 is 13.3 Å². The van der Waals surface area contributed by atoms with Gasteiger partial charge in [-0.1, -0.05) is 110 Å². The first-order valence-corrected chi connectivity index (χ1v) is 14.5. The summed E-state index contributed by atoms with van der Waals surface area (Å²) in [5, 5.41) is -0.108. The van der Waals surface area contributed by atoms with Gasteiger partial charge in [0.25, 0.3) is 0 Å². The SMILES string of the molecule is CCCCCCCCCCCCCCCCCC(C)(CCCl)[Si](OC)(OC)OC. The molecule has 0 aromatic heterocycles. The second-order valence-electron chi connectivity index (χ2n) is 8.87. The van der Waals surface area contributed by atoms with E-state index in [0.29, 0.717) is 5.88 Å². The Bertz CT molecular complexity index is 345. The Labute approximate surface area is 189 Å². The minimum Gasteiger partial charge on any atom is -0.377 e. The zero-order valence-corrected chi connectivity index (χ0v) is 22.1. The highest BCUT2D eigenvalue weighted by atomic mass is 35.5. The standard InChI is InChI=1S/C24H51ClO3Si/c1-6-7-8-9-10-11-12-13-14-15-16-17-18-19-20-21-24(2,22-23-25)29(26-3,27-4)28-5/h6-23H2,1-5H3. The monoisotopic (exact) mass is 450 g/mol. The highest BCUT2D eigenvalue weighted by Gasteiger charge is 2.55. The van der Waals surface area contributed by atoms with Crippen LogP contribution in [0, 0.1) is 0 Å².